The Morgan fingerprint density at radius 2 is 1.88 bits per heavy atom. The van der Waals surface area contributed by atoms with Crippen LogP contribution in [0.4, 0.5) is 5.69 Å². The van der Waals surface area contributed by atoms with Gasteiger partial charge in [0.1, 0.15) is 5.75 Å². The first-order valence-electron chi connectivity index (χ1n) is 8.05. The van der Waals surface area contributed by atoms with Crippen molar-refractivity contribution in [3.63, 3.8) is 0 Å². The molecule has 0 atom stereocenters. The molecule has 0 saturated carbocycles. The van der Waals surface area contributed by atoms with Crippen LogP contribution in [0.5, 0.6) is 17.2 Å². The lowest BCUT2D eigenvalue weighted by atomic mass is 10.1. The molecule has 1 aliphatic heterocycles. The summed E-state index contributed by atoms with van der Waals surface area (Å²) < 4.78 is 16.2. The molecule has 0 unspecified atom stereocenters. The molecule has 0 aliphatic carbocycles. The molecule has 3 rings (SSSR count). The van der Waals surface area contributed by atoms with Crippen LogP contribution in [0.3, 0.4) is 0 Å². The van der Waals surface area contributed by atoms with Crippen LogP contribution < -0.4 is 19.5 Å². The summed E-state index contributed by atoms with van der Waals surface area (Å²) in [6.45, 7) is 4.22. The highest BCUT2D eigenvalue weighted by Gasteiger charge is 2.13. The third kappa shape index (κ3) is 4.19. The largest absolute Gasteiger partial charge is 0.491 e. The topological polar surface area (TPSA) is 56.8 Å². The molecule has 1 amide bonds. The van der Waals surface area contributed by atoms with Gasteiger partial charge in [-0.2, -0.15) is 0 Å². The first kappa shape index (κ1) is 16.2. The van der Waals surface area contributed by atoms with E-state index in [-0.39, 0.29) is 18.8 Å². The lowest BCUT2D eigenvalue weighted by Crippen LogP contribution is -2.12. The Morgan fingerprint density at radius 1 is 1.12 bits per heavy atom. The predicted octanol–water partition coefficient (Wildman–Crippen LogP) is 3.77. The van der Waals surface area contributed by atoms with E-state index < -0.39 is 0 Å². The van der Waals surface area contributed by atoms with Gasteiger partial charge < -0.3 is 19.5 Å². The third-order valence-corrected chi connectivity index (χ3v) is 3.59. The van der Waals surface area contributed by atoms with Gasteiger partial charge in [0.15, 0.2) is 11.5 Å². The molecule has 5 nitrogen and oxygen atoms in total. The molecular weight excluding hydrogens is 306 g/mol. The maximum atomic E-state index is 12.1. The standard InChI is InChI=1S/C19H21NO4/c1-13(2)24-16-7-5-15(6-8-16)20-19(21)10-4-14-3-9-17-18(11-14)23-12-22-17/h3,5-9,11,13H,4,10,12H2,1-2H3,(H,20,21). The van der Waals surface area contributed by atoms with Crippen LogP contribution in [-0.2, 0) is 11.2 Å². The summed E-state index contributed by atoms with van der Waals surface area (Å²) in [5.74, 6) is 2.27. The summed E-state index contributed by atoms with van der Waals surface area (Å²) in [6.07, 6.45) is 1.19. The van der Waals surface area contributed by atoms with E-state index in [1.807, 2.05) is 56.3 Å². The summed E-state index contributed by atoms with van der Waals surface area (Å²) in [5, 5.41) is 2.89. The van der Waals surface area contributed by atoms with Gasteiger partial charge in [0, 0.05) is 12.1 Å². The highest BCUT2D eigenvalue weighted by atomic mass is 16.7. The van der Waals surface area contributed by atoms with E-state index in [9.17, 15) is 4.79 Å². The van der Waals surface area contributed by atoms with E-state index in [0.29, 0.717) is 12.8 Å². The SMILES string of the molecule is CC(C)Oc1ccc(NC(=O)CCc2ccc3c(c2)OCO3)cc1. The van der Waals surface area contributed by atoms with Crippen molar-refractivity contribution in [2.24, 2.45) is 0 Å². The molecule has 5 heteroatoms. The molecule has 0 aromatic heterocycles. The first-order chi connectivity index (χ1) is 11.6. The number of hydrogen-bond donors (Lipinski definition) is 1. The number of ether oxygens (including phenoxy) is 3. The Labute approximate surface area is 141 Å². The molecule has 0 bridgehead atoms. The van der Waals surface area contributed by atoms with Crippen molar-refractivity contribution in [3.8, 4) is 17.2 Å². The van der Waals surface area contributed by atoms with Crippen LogP contribution in [0.15, 0.2) is 42.5 Å². The van der Waals surface area contributed by atoms with Crippen molar-refractivity contribution in [2.75, 3.05) is 12.1 Å². The van der Waals surface area contributed by atoms with Crippen molar-refractivity contribution in [3.05, 3.63) is 48.0 Å². The van der Waals surface area contributed by atoms with Gasteiger partial charge in [0.2, 0.25) is 12.7 Å². The number of amides is 1. The van der Waals surface area contributed by atoms with Crippen LogP contribution >= 0.6 is 0 Å². The lowest BCUT2D eigenvalue weighted by Gasteiger charge is -2.10. The fourth-order valence-electron chi connectivity index (χ4n) is 2.47. The van der Waals surface area contributed by atoms with Gasteiger partial charge in [-0.15, -0.1) is 0 Å². The zero-order valence-electron chi connectivity index (χ0n) is 13.9. The van der Waals surface area contributed by atoms with E-state index >= 15 is 0 Å². The van der Waals surface area contributed by atoms with Crippen LogP contribution in [-0.4, -0.2) is 18.8 Å². The Balaban J connectivity index is 1.50. The fraction of sp³-hybridized carbons (Fsp3) is 0.316. The summed E-state index contributed by atoms with van der Waals surface area (Å²) in [5.41, 5.74) is 1.82. The highest BCUT2D eigenvalue weighted by Crippen LogP contribution is 2.32. The van der Waals surface area contributed by atoms with Crippen LogP contribution in [0.2, 0.25) is 0 Å². The number of carbonyl (C=O) groups excluding carboxylic acids is 1. The Morgan fingerprint density at radius 3 is 2.62 bits per heavy atom. The number of carbonyl (C=O) groups is 1. The average molecular weight is 327 g/mol. The van der Waals surface area contributed by atoms with Crippen LogP contribution in [0, 0.1) is 0 Å². The Hall–Kier alpha value is -2.69. The molecule has 1 aliphatic rings. The molecule has 24 heavy (non-hydrogen) atoms. The third-order valence-electron chi connectivity index (χ3n) is 3.59. The van der Waals surface area contributed by atoms with Crippen molar-refractivity contribution in [1.29, 1.82) is 0 Å². The first-order valence-corrected chi connectivity index (χ1v) is 8.05. The van der Waals surface area contributed by atoms with Gasteiger partial charge in [-0.25, -0.2) is 0 Å². The van der Waals surface area contributed by atoms with Crippen molar-refractivity contribution in [1.82, 2.24) is 0 Å². The molecule has 0 fully saturated rings. The number of aryl methyl sites for hydroxylation is 1. The summed E-state index contributed by atoms with van der Waals surface area (Å²) in [4.78, 5) is 12.1. The number of rotatable bonds is 6. The maximum absolute atomic E-state index is 12.1. The number of fused-ring (bicyclic) bond motifs is 1. The quantitative estimate of drug-likeness (QED) is 0.877. The second kappa shape index (κ2) is 7.25. The van der Waals surface area contributed by atoms with Crippen LogP contribution in [0.25, 0.3) is 0 Å². The van der Waals surface area contributed by atoms with E-state index in [1.54, 1.807) is 0 Å². The molecule has 2 aromatic rings. The molecule has 2 aromatic carbocycles. The van der Waals surface area contributed by atoms with Gasteiger partial charge >= 0.3 is 0 Å². The zero-order valence-corrected chi connectivity index (χ0v) is 13.9. The predicted molar refractivity (Wildman–Crippen MR) is 91.7 cm³/mol. The number of benzene rings is 2. The lowest BCUT2D eigenvalue weighted by molar-refractivity contribution is -0.116. The molecule has 1 heterocycles. The minimum atomic E-state index is -0.0230. The van der Waals surface area contributed by atoms with Crippen LogP contribution in [0.1, 0.15) is 25.8 Å². The average Bonchev–Trinajstić information content (AvgIpc) is 3.02. The molecule has 0 radical (unpaired) electrons. The summed E-state index contributed by atoms with van der Waals surface area (Å²) >= 11 is 0. The van der Waals surface area contributed by atoms with Gasteiger partial charge in [0.25, 0.3) is 0 Å². The molecule has 0 spiro atoms. The van der Waals surface area contributed by atoms with Gasteiger partial charge in [-0.3, -0.25) is 4.79 Å². The molecule has 0 saturated heterocycles. The number of nitrogens with one attached hydrogen (secondary N) is 1. The Kier molecular flexibility index (Phi) is 4.89. The van der Waals surface area contributed by atoms with Gasteiger partial charge in [0.05, 0.1) is 6.10 Å². The molecule has 126 valence electrons. The minimum absolute atomic E-state index is 0.0230. The fourth-order valence-corrected chi connectivity index (χ4v) is 2.47. The van der Waals surface area contributed by atoms with E-state index in [4.69, 9.17) is 14.2 Å². The smallest absolute Gasteiger partial charge is 0.231 e. The zero-order chi connectivity index (χ0) is 16.9. The second-order valence-electron chi connectivity index (χ2n) is 5.93. The monoisotopic (exact) mass is 327 g/mol. The maximum Gasteiger partial charge on any atom is 0.231 e. The highest BCUT2D eigenvalue weighted by molar-refractivity contribution is 5.90. The van der Waals surface area contributed by atoms with Gasteiger partial charge in [-0.1, -0.05) is 6.07 Å². The molecule has 1 N–H and O–H groups in total. The minimum Gasteiger partial charge on any atom is -0.491 e. The van der Waals surface area contributed by atoms with E-state index in [2.05, 4.69) is 5.32 Å². The summed E-state index contributed by atoms with van der Waals surface area (Å²) in [6, 6.07) is 13.2. The van der Waals surface area contributed by atoms with Crippen molar-refractivity contribution in [2.45, 2.75) is 32.8 Å². The van der Waals surface area contributed by atoms with Gasteiger partial charge in [-0.05, 0) is 62.2 Å². The van der Waals surface area contributed by atoms with Crippen molar-refractivity contribution >= 4 is 11.6 Å². The van der Waals surface area contributed by atoms with Crippen molar-refractivity contribution < 1.29 is 19.0 Å². The summed E-state index contributed by atoms with van der Waals surface area (Å²) in [7, 11) is 0. The normalized spacial score (nSPS) is 12.3. The number of anilines is 1. The number of hydrogen-bond acceptors (Lipinski definition) is 4. The Bertz CT molecular complexity index is 710. The second-order valence-corrected chi connectivity index (χ2v) is 5.93. The van der Waals surface area contributed by atoms with E-state index in [0.717, 1.165) is 28.5 Å². The molecular formula is C19H21NO4. The van der Waals surface area contributed by atoms with E-state index in [1.165, 1.54) is 0 Å².